The number of ether oxygens (including phenoxy) is 3. The molecule has 0 unspecified atom stereocenters. The van der Waals surface area contributed by atoms with E-state index in [9.17, 15) is 9.59 Å². The van der Waals surface area contributed by atoms with Crippen LogP contribution in [0.2, 0.25) is 0 Å². The number of methoxy groups -OCH3 is 2. The van der Waals surface area contributed by atoms with Gasteiger partial charge in [-0.2, -0.15) is 0 Å². The number of carbonyl (C=O) groups excluding carboxylic acids is 1. The van der Waals surface area contributed by atoms with E-state index in [0.29, 0.717) is 36.5 Å². The first-order chi connectivity index (χ1) is 15.1. The van der Waals surface area contributed by atoms with Gasteiger partial charge in [-0.25, -0.2) is 4.79 Å². The number of hydrogen-bond acceptors (Lipinski definition) is 6. The van der Waals surface area contributed by atoms with Gasteiger partial charge in [0.15, 0.2) is 0 Å². The fraction of sp³-hybridized carbons (Fsp3) is 0.500. The number of aromatic nitrogens is 1. The second kappa shape index (κ2) is 9.56. The predicted octanol–water partition coefficient (Wildman–Crippen LogP) is 3.02. The molecule has 0 saturated heterocycles. The first-order valence-corrected chi connectivity index (χ1v) is 11.0. The topological polar surface area (TPSA) is 70.0 Å². The molecule has 1 saturated carbocycles. The Morgan fingerprint density at radius 3 is 2.65 bits per heavy atom. The van der Waals surface area contributed by atoms with Crippen LogP contribution in [0.1, 0.15) is 47.3 Å². The van der Waals surface area contributed by atoms with Crippen molar-refractivity contribution in [2.75, 3.05) is 27.3 Å². The van der Waals surface area contributed by atoms with Crippen molar-refractivity contribution in [3.63, 3.8) is 0 Å². The number of pyridine rings is 1. The quantitative estimate of drug-likeness (QED) is 0.662. The van der Waals surface area contributed by atoms with Crippen LogP contribution in [-0.4, -0.2) is 48.8 Å². The third kappa shape index (κ3) is 4.77. The van der Waals surface area contributed by atoms with Crippen LogP contribution in [0.25, 0.3) is 0 Å². The van der Waals surface area contributed by atoms with Crippen molar-refractivity contribution in [1.29, 1.82) is 0 Å². The number of fused-ring (bicyclic) bond motifs is 1. The van der Waals surface area contributed by atoms with Crippen molar-refractivity contribution in [2.45, 2.75) is 51.3 Å². The Balaban J connectivity index is 1.60. The molecule has 0 amide bonds. The van der Waals surface area contributed by atoms with Crippen molar-refractivity contribution in [2.24, 2.45) is 0 Å². The van der Waals surface area contributed by atoms with Crippen LogP contribution >= 0.6 is 0 Å². The van der Waals surface area contributed by atoms with E-state index in [-0.39, 0.29) is 11.7 Å². The maximum atomic E-state index is 12.9. The summed E-state index contributed by atoms with van der Waals surface area (Å²) in [6.45, 7) is 2.71. The molecule has 1 aromatic carbocycles. The number of hydrogen-bond donors (Lipinski definition) is 0. The number of carbonyl (C=O) groups is 1. The summed E-state index contributed by atoms with van der Waals surface area (Å²) in [7, 11) is 3.03. The van der Waals surface area contributed by atoms with E-state index < -0.39 is 5.97 Å². The van der Waals surface area contributed by atoms with Crippen LogP contribution in [-0.2, 0) is 24.2 Å². The molecule has 2 aliphatic rings. The highest BCUT2D eigenvalue weighted by atomic mass is 16.5. The molecule has 1 aliphatic heterocycles. The predicted molar refractivity (Wildman–Crippen MR) is 117 cm³/mol. The van der Waals surface area contributed by atoms with Crippen molar-refractivity contribution in [3.05, 3.63) is 57.5 Å². The van der Waals surface area contributed by atoms with Crippen LogP contribution in [0.4, 0.5) is 0 Å². The molecule has 0 bridgehead atoms. The largest absolute Gasteiger partial charge is 0.497 e. The lowest BCUT2D eigenvalue weighted by molar-refractivity contribution is 0.0590. The van der Waals surface area contributed by atoms with Crippen molar-refractivity contribution < 1.29 is 19.0 Å². The molecule has 0 radical (unpaired) electrons. The molecule has 1 aliphatic carbocycles. The molecule has 0 N–H and O–H groups in total. The summed E-state index contributed by atoms with van der Waals surface area (Å²) in [5.41, 5.74) is 2.13. The third-order valence-electron chi connectivity index (χ3n) is 6.21. The molecule has 2 heterocycles. The number of rotatable bonds is 6. The Labute approximate surface area is 182 Å². The Kier molecular flexibility index (Phi) is 6.61. The first-order valence-electron chi connectivity index (χ1n) is 11.0. The summed E-state index contributed by atoms with van der Waals surface area (Å²) >= 11 is 0. The number of nitrogens with zero attached hydrogens (tertiary/aromatic N) is 2. The Morgan fingerprint density at radius 1 is 1.10 bits per heavy atom. The van der Waals surface area contributed by atoms with E-state index in [4.69, 9.17) is 14.2 Å². The molecule has 1 fully saturated rings. The van der Waals surface area contributed by atoms with Gasteiger partial charge in [-0.05, 0) is 43.4 Å². The molecule has 2 aromatic rings. The van der Waals surface area contributed by atoms with Crippen LogP contribution < -0.4 is 15.0 Å². The maximum Gasteiger partial charge on any atom is 0.343 e. The minimum Gasteiger partial charge on any atom is -0.497 e. The number of esters is 1. The van der Waals surface area contributed by atoms with E-state index >= 15 is 0 Å². The van der Waals surface area contributed by atoms with E-state index in [0.717, 1.165) is 50.1 Å². The van der Waals surface area contributed by atoms with E-state index in [2.05, 4.69) is 11.0 Å². The van der Waals surface area contributed by atoms with Crippen molar-refractivity contribution in [1.82, 2.24) is 9.47 Å². The zero-order valence-corrected chi connectivity index (χ0v) is 18.3. The van der Waals surface area contributed by atoms with Crippen LogP contribution in [0.3, 0.4) is 0 Å². The highest BCUT2D eigenvalue weighted by Gasteiger charge is 2.28. The van der Waals surface area contributed by atoms with Gasteiger partial charge >= 0.3 is 5.97 Å². The lowest BCUT2D eigenvalue weighted by atomic mass is 10.1. The van der Waals surface area contributed by atoms with Crippen LogP contribution in [0, 0.1) is 0 Å². The second-order valence-electron chi connectivity index (χ2n) is 8.21. The zero-order valence-electron chi connectivity index (χ0n) is 18.3. The normalized spacial score (nSPS) is 17.1. The Morgan fingerprint density at radius 2 is 1.90 bits per heavy atom. The van der Waals surface area contributed by atoms with Crippen molar-refractivity contribution >= 4 is 5.97 Å². The van der Waals surface area contributed by atoms with E-state index in [1.54, 1.807) is 11.7 Å². The maximum absolute atomic E-state index is 12.9. The Hall–Kier alpha value is -2.80. The molecule has 166 valence electrons. The summed E-state index contributed by atoms with van der Waals surface area (Å²) in [5, 5.41) is 0. The van der Waals surface area contributed by atoms with E-state index in [1.165, 1.54) is 13.2 Å². The minimum atomic E-state index is -0.446. The van der Waals surface area contributed by atoms with Gasteiger partial charge in [0.05, 0.1) is 20.3 Å². The molecular weight excluding hydrogens is 396 g/mol. The fourth-order valence-electron chi connectivity index (χ4n) is 4.58. The van der Waals surface area contributed by atoms with E-state index in [1.807, 2.05) is 18.2 Å². The van der Waals surface area contributed by atoms with Gasteiger partial charge in [-0.1, -0.05) is 12.1 Å². The molecule has 7 heteroatoms. The third-order valence-corrected chi connectivity index (χ3v) is 6.21. The summed E-state index contributed by atoms with van der Waals surface area (Å²) in [4.78, 5) is 27.9. The summed E-state index contributed by atoms with van der Waals surface area (Å²) in [6, 6.07) is 9.46. The van der Waals surface area contributed by atoms with Gasteiger partial charge in [-0.3, -0.25) is 9.69 Å². The highest BCUT2D eigenvalue weighted by molar-refractivity contribution is 5.93. The highest BCUT2D eigenvalue weighted by Crippen LogP contribution is 2.29. The van der Waals surface area contributed by atoms with Gasteiger partial charge < -0.3 is 18.8 Å². The van der Waals surface area contributed by atoms with Gasteiger partial charge in [0, 0.05) is 44.4 Å². The average molecular weight is 427 g/mol. The van der Waals surface area contributed by atoms with Gasteiger partial charge in [0.1, 0.15) is 17.1 Å². The summed E-state index contributed by atoms with van der Waals surface area (Å²) in [6.07, 6.45) is 4.76. The van der Waals surface area contributed by atoms with Gasteiger partial charge in [-0.15, -0.1) is 0 Å². The van der Waals surface area contributed by atoms with Gasteiger partial charge in [0.2, 0.25) is 0 Å². The molecule has 31 heavy (non-hydrogen) atoms. The van der Waals surface area contributed by atoms with Crippen LogP contribution in [0.15, 0.2) is 35.1 Å². The van der Waals surface area contributed by atoms with Crippen molar-refractivity contribution in [3.8, 4) is 11.5 Å². The molecule has 0 atom stereocenters. The standard InChI is InChI=1S/C24H30N2O5/c1-29-19-9-5-6-17(14-19)16-25-11-10-20-23(24(28)30-2)21(31-18-7-3-4-8-18)15-22(27)26(20)13-12-25/h5-6,9,14-15,18H,3-4,7-8,10-13,16H2,1-2H3. The van der Waals surface area contributed by atoms with Gasteiger partial charge in [0.25, 0.3) is 5.56 Å². The zero-order chi connectivity index (χ0) is 21.8. The first kappa shape index (κ1) is 21.4. The second-order valence-corrected chi connectivity index (χ2v) is 8.21. The molecule has 0 spiro atoms. The molecule has 1 aromatic heterocycles. The smallest absolute Gasteiger partial charge is 0.343 e. The number of benzene rings is 1. The summed E-state index contributed by atoms with van der Waals surface area (Å²) < 4.78 is 18.2. The lowest BCUT2D eigenvalue weighted by Crippen LogP contribution is -2.29. The Bertz CT molecular complexity index is 994. The monoisotopic (exact) mass is 426 g/mol. The fourth-order valence-corrected chi connectivity index (χ4v) is 4.58. The average Bonchev–Trinajstić information content (AvgIpc) is 3.20. The molecular formula is C24H30N2O5. The molecule has 7 nitrogen and oxygen atoms in total. The molecule has 4 rings (SSSR count). The SMILES string of the molecule is COC(=O)c1c(OC2CCCC2)cc(=O)n2c1CCN(Cc1cccc(OC)c1)CC2. The lowest BCUT2D eigenvalue weighted by Gasteiger charge is -2.20. The summed E-state index contributed by atoms with van der Waals surface area (Å²) in [5.74, 6) is 0.753. The minimum absolute atomic E-state index is 0.0567. The van der Waals surface area contributed by atoms with Crippen LogP contribution in [0.5, 0.6) is 11.5 Å².